The SMILES string of the molecule is CCCCOCC(=O)N1C[C@@H](N)C[C@H]1C(=O)NC(C)C. The van der Waals surface area contributed by atoms with Crippen molar-refractivity contribution in [1.29, 1.82) is 0 Å². The van der Waals surface area contributed by atoms with Crippen LogP contribution in [-0.4, -0.2) is 54.6 Å². The monoisotopic (exact) mass is 285 g/mol. The molecule has 1 fully saturated rings. The lowest BCUT2D eigenvalue weighted by atomic mass is 10.1. The molecule has 1 heterocycles. The Balaban J connectivity index is 2.52. The molecule has 0 radical (unpaired) electrons. The van der Waals surface area contributed by atoms with Crippen molar-refractivity contribution < 1.29 is 14.3 Å². The van der Waals surface area contributed by atoms with Gasteiger partial charge >= 0.3 is 0 Å². The number of hydrogen-bond donors (Lipinski definition) is 2. The van der Waals surface area contributed by atoms with Crippen LogP contribution in [0.25, 0.3) is 0 Å². The number of carbonyl (C=O) groups excluding carboxylic acids is 2. The lowest BCUT2D eigenvalue weighted by Gasteiger charge is -2.24. The van der Waals surface area contributed by atoms with Crippen molar-refractivity contribution in [1.82, 2.24) is 10.2 Å². The summed E-state index contributed by atoms with van der Waals surface area (Å²) in [6, 6.07) is -0.552. The number of ether oxygens (including phenoxy) is 1. The van der Waals surface area contributed by atoms with Crippen LogP contribution in [0.3, 0.4) is 0 Å². The van der Waals surface area contributed by atoms with Crippen LogP contribution >= 0.6 is 0 Å². The molecule has 0 spiro atoms. The van der Waals surface area contributed by atoms with E-state index in [-0.39, 0.29) is 30.5 Å². The van der Waals surface area contributed by atoms with Crippen molar-refractivity contribution in [3.63, 3.8) is 0 Å². The van der Waals surface area contributed by atoms with Gasteiger partial charge in [0.05, 0.1) is 0 Å². The average Bonchev–Trinajstić information content (AvgIpc) is 2.76. The Morgan fingerprint density at radius 3 is 2.75 bits per heavy atom. The molecule has 1 rings (SSSR count). The number of rotatable bonds is 7. The summed E-state index contributed by atoms with van der Waals surface area (Å²) in [5.41, 5.74) is 5.88. The van der Waals surface area contributed by atoms with Crippen LogP contribution in [0.2, 0.25) is 0 Å². The summed E-state index contributed by atoms with van der Waals surface area (Å²) < 4.78 is 5.33. The van der Waals surface area contributed by atoms with Gasteiger partial charge in [-0.3, -0.25) is 9.59 Å². The van der Waals surface area contributed by atoms with E-state index >= 15 is 0 Å². The van der Waals surface area contributed by atoms with E-state index in [1.54, 1.807) is 4.90 Å². The predicted molar refractivity (Wildman–Crippen MR) is 77.1 cm³/mol. The van der Waals surface area contributed by atoms with Crippen LogP contribution in [0.4, 0.5) is 0 Å². The molecule has 1 aliphatic rings. The maximum atomic E-state index is 12.1. The van der Waals surface area contributed by atoms with Crippen molar-refractivity contribution in [3.8, 4) is 0 Å². The van der Waals surface area contributed by atoms with Gasteiger partial charge in [0.1, 0.15) is 12.6 Å². The Labute approximate surface area is 121 Å². The number of unbranched alkanes of at least 4 members (excludes halogenated alkanes) is 1. The Kier molecular flexibility index (Phi) is 6.95. The number of nitrogens with two attached hydrogens (primary N) is 1. The molecule has 0 aromatic rings. The van der Waals surface area contributed by atoms with Crippen molar-refractivity contribution in [2.75, 3.05) is 19.8 Å². The Bertz CT molecular complexity index is 334. The Morgan fingerprint density at radius 1 is 1.45 bits per heavy atom. The highest BCUT2D eigenvalue weighted by molar-refractivity contribution is 5.89. The molecule has 0 bridgehead atoms. The molecule has 0 aromatic carbocycles. The molecular weight excluding hydrogens is 258 g/mol. The third-order valence-electron chi connectivity index (χ3n) is 3.26. The largest absolute Gasteiger partial charge is 0.372 e. The maximum Gasteiger partial charge on any atom is 0.249 e. The van der Waals surface area contributed by atoms with E-state index in [2.05, 4.69) is 12.2 Å². The highest BCUT2D eigenvalue weighted by Crippen LogP contribution is 2.17. The highest BCUT2D eigenvalue weighted by Gasteiger charge is 2.38. The van der Waals surface area contributed by atoms with E-state index in [4.69, 9.17) is 10.5 Å². The van der Waals surface area contributed by atoms with E-state index < -0.39 is 6.04 Å². The first-order valence-electron chi connectivity index (χ1n) is 7.38. The van der Waals surface area contributed by atoms with Gasteiger partial charge in [-0.25, -0.2) is 0 Å². The zero-order valence-electron chi connectivity index (χ0n) is 12.7. The number of carbonyl (C=O) groups is 2. The molecule has 116 valence electrons. The van der Waals surface area contributed by atoms with Gasteiger partial charge in [-0.1, -0.05) is 13.3 Å². The standard InChI is InChI=1S/C14H27N3O3/c1-4-5-6-20-9-13(18)17-8-11(15)7-12(17)14(19)16-10(2)3/h10-12H,4-9,15H2,1-3H3,(H,16,19)/t11-,12-/m0/s1. The molecule has 3 N–H and O–H groups in total. The fourth-order valence-electron chi connectivity index (χ4n) is 2.26. The Hall–Kier alpha value is -1.14. The first-order chi connectivity index (χ1) is 9.45. The summed E-state index contributed by atoms with van der Waals surface area (Å²) in [6.45, 7) is 6.88. The molecule has 0 unspecified atom stereocenters. The van der Waals surface area contributed by atoms with E-state index in [0.29, 0.717) is 19.6 Å². The molecule has 6 heteroatoms. The third kappa shape index (κ3) is 5.09. The minimum absolute atomic E-state index is 0.0260. The fourth-order valence-corrected chi connectivity index (χ4v) is 2.26. The van der Waals surface area contributed by atoms with E-state index in [1.807, 2.05) is 13.8 Å². The van der Waals surface area contributed by atoms with Crippen molar-refractivity contribution >= 4 is 11.8 Å². The minimum atomic E-state index is -0.463. The number of nitrogens with one attached hydrogen (secondary N) is 1. The second-order valence-electron chi connectivity index (χ2n) is 5.63. The Morgan fingerprint density at radius 2 is 2.15 bits per heavy atom. The molecule has 2 atom stereocenters. The molecular formula is C14H27N3O3. The lowest BCUT2D eigenvalue weighted by molar-refractivity contribution is -0.142. The topological polar surface area (TPSA) is 84.7 Å². The molecule has 1 saturated heterocycles. The van der Waals surface area contributed by atoms with Gasteiger partial charge in [-0.15, -0.1) is 0 Å². The molecule has 0 aliphatic carbocycles. The summed E-state index contributed by atoms with van der Waals surface area (Å²) in [4.78, 5) is 25.8. The molecule has 0 aromatic heterocycles. The van der Waals surface area contributed by atoms with Crippen molar-refractivity contribution in [2.45, 2.75) is 58.2 Å². The van der Waals surface area contributed by atoms with Gasteiger partial charge in [-0.2, -0.15) is 0 Å². The third-order valence-corrected chi connectivity index (χ3v) is 3.26. The summed E-state index contributed by atoms with van der Waals surface area (Å²) >= 11 is 0. The molecule has 2 amide bonds. The van der Waals surface area contributed by atoms with E-state index in [1.165, 1.54) is 0 Å². The molecule has 20 heavy (non-hydrogen) atoms. The smallest absolute Gasteiger partial charge is 0.249 e. The predicted octanol–water partition coefficient (Wildman–Crippen LogP) is 0.256. The summed E-state index contributed by atoms with van der Waals surface area (Å²) in [6.07, 6.45) is 2.48. The minimum Gasteiger partial charge on any atom is -0.372 e. The molecule has 0 saturated carbocycles. The lowest BCUT2D eigenvalue weighted by Crippen LogP contribution is -2.48. The van der Waals surface area contributed by atoms with Crippen LogP contribution in [0.15, 0.2) is 0 Å². The number of amides is 2. The quantitative estimate of drug-likeness (QED) is 0.657. The van der Waals surface area contributed by atoms with Gasteiger partial charge < -0.3 is 20.7 Å². The average molecular weight is 285 g/mol. The zero-order valence-corrected chi connectivity index (χ0v) is 12.7. The van der Waals surface area contributed by atoms with Crippen LogP contribution in [0.5, 0.6) is 0 Å². The van der Waals surface area contributed by atoms with Gasteiger partial charge in [-0.05, 0) is 26.7 Å². The van der Waals surface area contributed by atoms with Gasteiger partial charge in [0.2, 0.25) is 11.8 Å². The second kappa shape index (κ2) is 8.21. The number of nitrogens with zero attached hydrogens (tertiary/aromatic N) is 1. The highest BCUT2D eigenvalue weighted by atomic mass is 16.5. The summed E-state index contributed by atoms with van der Waals surface area (Å²) in [5, 5.41) is 2.84. The van der Waals surface area contributed by atoms with Crippen LogP contribution in [-0.2, 0) is 14.3 Å². The second-order valence-corrected chi connectivity index (χ2v) is 5.63. The number of likely N-dealkylation sites (tertiary alicyclic amines) is 1. The molecule has 6 nitrogen and oxygen atoms in total. The van der Waals surface area contributed by atoms with Crippen molar-refractivity contribution in [3.05, 3.63) is 0 Å². The maximum absolute atomic E-state index is 12.1. The van der Waals surface area contributed by atoms with Gasteiger partial charge in [0.15, 0.2) is 0 Å². The van der Waals surface area contributed by atoms with Gasteiger partial charge in [0.25, 0.3) is 0 Å². The van der Waals surface area contributed by atoms with Gasteiger partial charge in [0, 0.05) is 25.2 Å². The first-order valence-corrected chi connectivity index (χ1v) is 7.38. The number of hydrogen-bond acceptors (Lipinski definition) is 4. The fraction of sp³-hybridized carbons (Fsp3) is 0.857. The van der Waals surface area contributed by atoms with Crippen molar-refractivity contribution in [2.24, 2.45) is 5.73 Å². The van der Waals surface area contributed by atoms with Crippen LogP contribution in [0, 0.1) is 0 Å². The molecule has 1 aliphatic heterocycles. The summed E-state index contributed by atoms with van der Waals surface area (Å²) in [5.74, 6) is -0.284. The van der Waals surface area contributed by atoms with E-state index in [9.17, 15) is 9.59 Å². The summed E-state index contributed by atoms with van der Waals surface area (Å²) in [7, 11) is 0. The van der Waals surface area contributed by atoms with E-state index in [0.717, 1.165) is 12.8 Å². The van der Waals surface area contributed by atoms with Crippen LogP contribution in [0.1, 0.15) is 40.0 Å². The first kappa shape index (κ1) is 16.9. The zero-order chi connectivity index (χ0) is 15.1. The normalized spacial score (nSPS) is 22.4. The van der Waals surface area contributed by atoms with Crippen LogP contribution < -0.4 is 11.1 Å².